The molecule has 0 amide bonds. The van der Waals surface area contributed by atoms with Crippen molar-refractivity contribution in [3.8, 4) is 11.3 Å². The van der Waals surface area contributed by atoms with Crippen LogP contribution < -0.4 is 0 Å². The molecule has 0 saturated heterocycles. The number of H-pyrrole nitrogens is 1. The number of benzene rings is 1. The van der Waals surface area contributed by atoms with Crippen LogP contribution in [0, 0.1) is 16.3 Å². The molecule has 2 rings (SSSR count). The van der Waals surface area contributed by atoms with Crippen LogP contribution in [0.15, 0.2) is 30.3 Å². The minimum atomic E-state index is -0.645. The lowest BCUT2D eigenvalue weighted by Gasteiger charge is -2.01. The lowest BCUT2D eigenvalue weighted by atomic mass is 10.1. The SMILES string of the molecule is Fc1ccc(-c2ccc(=S)[nH]n2)c(F)c1. The Labute approximate surface area is 89.6 Å². The summed E-state index contributed by atoms with van der Waals surface area (Å²) in [6.45, 7) is 0. The summed E-state index contributed by atoms with van der Waals surface area (Å²) < 4.78 is 26.4. The molecule has 15 heavy (non-hydrogen) atoms. The summed E-state index contributed by atoms with van der Waals surface area (Å²) in [5.74, 6) is -1.26. The number of halogens is 2. The molecule has 2 aromatic rings. The van der Waals surface area contributed by atoms with Gasteiger partial charge in [-0.25, -0.2) is 8.78 Å². The van der Waals surface area contributed by atoms with E-state index in [1.165, 1.54) is 12.1 Å². The first kappa shape index (κ1) is 9.92. The van der Waals surface area contributed by atoms with E-state index < -0.39 is 11.6 Å². The predicted molar refractivity (Wildman–Crippen MR) is 54.8 cm³/mol. The van der Waals surface area contributed by atoms with Crippen molar-refractivity contribution < 1.29 is 8.78 Å². The second kappa shape index (κ2) is 3.86. The summed E-state index contributed by atoms with van der Waals surface area (Å²) in [6.07, 6.45) is 0. The molecule has 0 spiro atoms. The number of nitrogens with zero attached hydrogens (tertiary/aromatic N) is 1. The van der Waals surface area contributed by atoms with Crippen LogP contribution >= 0.6 is 12.2 Å². The molecule has 0 fully saturated rings. The van der Waals surface area contributed by atoms with Crippen molar-refractivity contribution in [1.29, 1.82) is 0 Å². The second-order valence-corrected chi connectivity index (χ2v) is 3.37. The molecular formula is C10H6F2N2S. The maximum Gasteiger partial charge on any atom is 0.135 e. The predicted octanol–water partition coefficient (Wildman–Crippen LogP) is 3.08. The third kappa shape index (κ3) is 2.07. The van der Waals surface area contributed by atoms with E-state index in [1.54, 1.807) is 12.1 Å². The summed E-state index contributed by atoms with van der Waals surface area (Å²) in [4.78, 5) is 0. The number of aromatic amines is 1. The Hall–Kier alpha value is -1.62. The Balaban J connectivity index is 2.54. The normalized spacial score (nSPS) is 10.3. The van der Waals surface area contributed by atoms with Crippen molar-refractivity contribution in [2.45, 2.75) is 0 Å². The Kier molecular flexibility index (Phi) is 2.55. The van der Waals surface area contributed by atoms with Crippen LogP contribution in [0.1, 0.15) is 0 Å². The largest absolute Gasteiger partial charge is 0.267 e. The quantitative estimate of drug-likeness (QED) is 0.754. The Morgan fingerprint density at radius 2 is 1.93 bits per heavy atom. The lowest BCUT2D eigenvalue weighted by Crippen LogP contribution is -1.91. The molecule has 1 aromatic heterocycles. The van der Waals surface area contributed by atoms with E-state index in [9.17, 15) is 8.78 Å². The van der Waals surface area contributed by atoms with Gasteiger partial charge >= 0.3 is 0 Å². The summed E-state index contributed by atoms with van der Waals surface area (Å²) in [5.41, 5.74) is 0.628. The van der Waals surface area contributed by atoms with Crippen LogP contribution in [0.3, 0.4) is 0 Å². The highest BCUT2D eigenvalue weighted by atomic mass is 32.1. The lowest BCUT2D eigenvalue weighted by molar-refractivity contribution is 0.585. The second-order valence-electron chi connectivity index (χ2n) is 2.93. The average Bonchev–Trinajstić information content (AvgIpc) is 2.20. The molecule has 0 bridgehead atoms. The van der Waals surface area contributed by atoms with E-state index in [1.807, 2.05) is 0 Å². The molecule has 0 aliphatic heterocycles. The minimum absolute atomic E-state index is 0.239. The minimum Gasteiger partial charge on any atom is -0.267 e. The van der Waals surface area contributed by atoms with Crippen LogP contribution in [0.5, 0.6) is 0 Å². The number of aromatic nitrogens is 2. The van der Waals surface area contributed by atoms with E-state index in [2.05, 4.69) is 10.2 Å². The number of hydrogen-bond donors (Lipinski definition) is 1. The van der Waals surface area contributed by atoms with Crippen LogP contribution in [0.2, 0.25) is 0 Å². The maximum atomic E-state index is 13.3. The molecule has 2 nitrogen and oxygen atoms in total. The fraction of sp³-hybridized carbons (Fsp3) is 0. The molecule has 1 heterocycles. The van der Waals surface area contributed by atoms with E-state index in [0.29, 0.717) is 10.3 Å². The zero-order valence-corrected chi connectivity index (χ0v) is 8.31. The first-order valence-electron chi connectivity index (χ1n) is 4.18. The van der Waals surface area contributed by atoms with Crippen molar-refractivity contribution in [3.63, 3.8) is 0 Å². The maximum absolute atomic E-state index is 13.3. The molecule has 0 unspecified atom stereocenters. The van der Waals surface area contributed by atoms with Gasteiger partial charge in [-0.2, -0.15) is 5.10 Å². The molecule has 76 valence electrons. The van der Waals surface area contributed by atoms with E-state index in [0.717, 1.165) is 6.07 Å². The smallest absolute Gasteiger partial charge is 0.135 e. The van der Waals surface area contributed by atoms with E-state index >= 15 is 0 Å². The molecule has 0 radical (unpaired) electrons. The monoisotopic (exact) mass is 224 g/mol. The number of rotatable bonds is 1. The van der Waals surface area contributed by atoms with Crippen LogP contribution in [0.4, 0.5) is 8.78 Å². The van der Waals surface area contributed by atoms with Crippen molar-refractivity contribution in [1.82, 2.24) is 10.2 Å². The summed E-state index contributed by atoms with van der Waals surface area (Å²) in [6, 6.07) is 6.51. The van der Waals surface area contributed by atoms with Gasteiger partial charge in [-0.05, 0) is 24.3 Å². The van der Waals surface area contributed by atoms with E-state index in [4.69, 9.17) is 12.2 Å². The fourth-order valence-electron chi connectivity index (χ4n) is 1.19. The highest BCUT2D eigenvalue weighted by molar-refractivity contribution is 7.71. The van der Waals surface area contributed by atoms with Crippen molar-refractivity contribution in [2.75, 3.05) is 0 Å². The molecule has 1 N–H and O–H groups in total. The van der Waals surface area contributed by atoms with Gasteiger partial charge < -0.3 is 0 Å². The molecule has 0 saturated carbocycles. The van der Waals surface area contributed by atoms with Crippen molar-refractivity contribution in [2.24, 2.45) is 0 Å². The third-order valence-corrected chi connectivity index (χ3v) is 2.11. The Bertz CT molecular complexity index is 531. The molecule has 0 atom stereocenters. The van der Waals surface area contributed by atoms with Gasteiger partial charge in [0.05, 0.1) is 5.69 Å². The van der Waals surface area contributed by atoms with Gasteiger partial charge in [0, 0.05) is 11.6 Å². The fourth-order valence-corrected chi connectivity index (χ4v) is 1.31. The van der Waals surface area contributed by atoms with Gasteiger partial charge in [0.25, 0.3) is 0 Å². The van der Waals surface area contributed by atoms with Gasteiger partial charge in [0.1, 0.15) is 16.3 Å². The Morgan fingerprint density at radius 1 is 1.13 bits per heavy atom. The zero-order chi connectivity index (χ0) is 10.8. The standard InChI is InChI=1S/C10H6F2N2S/c11-6-1-2-7(8(12)5-6)9-3-4-10(15)14-13-9/h1-5H,(H,14,15). The molecule has 0 aliphatic carbocycles. The topological polar surface area (TPSA) is 28.7 Å². The first-order valence-corrected chi connectivity index (χ1v) is 4.59. The third-order valence-electron chi connectivity index (χ3n) is 1.89. The Morgan fingerprint density at radius 3 is 2.53 bits per heavy atom. The highest BCUT2D eigenvalue weighted by Gasteiger charge is 2.06. The van der Waals surface area contributed by atoms with Crippen LogP contribution in [-0.4, -0.2) is 10.2 Å². The molecule has 5 heteroatoms. The molecule has 0 aliphatic rings. The molecule has 1 aromatic carbocycles. The van der Waals surface area contributed by atoms with E-state index in [-0.39, 0.29) is 5.56 Å². The summed E-state index contributed by atoms with van der Waals surface area (Å²) in [5, 5.41) is 6.39. The van der Waals surface area contributed by atoms with Gasteiger partial charge in [0.2, 0.25) is 0 Å². The zero-order valence-electron chi connectivity index (χ0n) is 7.50. The number of hydrogen-bond acceptors (Lipinski definition) is 2. The highest BCUT2D eigenvalue weighted by Crippen LogP contribution is 2.20. The van der Waals surface area contributed by atoms with Crippen LogP contribution in [-0.2, 0) is 0 Å². The first-order chi connectivity index (χ1) is 7.16. The molecular weight excluding hydrogens is 218 g/mol. The van der Waals surface area contributed by atoms with Crippen molar-refractivity contribution in [3.05, 3.63) is 46.6 Å². The van der Waals surface area contributed by atoms with Gasteiger partial charge in [0.15, 0.2) is 0 Å². The number of nitrogens with one attached hydrogen (secondary N) is 1. The van der Waals surface area contributed by atoms with Gasteiger partial charge in [-0.1, -0.05) is 12.2 Å². The average molecular weight is 224 g/mol. The van der Waals surface area contributed by atoms with Crippen molar-refractivity contribution >= 4 is 12.2 Å². The summed E-state index contributed by atoms with van der Waals surface area (Å²) in [7, 11) is 0. The van der Waals surface area contributed by atoms with Gasteiger partial charge in [-0.15, -0.1) is 0 Å². The summed E-state index contributed by atoms with van der Waals surface area (Å²) >= 11 is 4.80. The van der Waals surface area contributed by atoms with Gasteiger partial charge in [-0.3, -0.25) is 5.10 Å². The van der Waals surface area contributed by atoms with Crippen LogP contribution in [0.25, 0.3) is 11.3 Å².